The number of benzene rings is 2. The number of alkyl halides is 6. The van der Waals surface area contributed by atoms with Crippen molar-refractivity contribution >= 4 is 11.9 Å². The van der Waals surface area contributed by atoms with E-state index >= 15 is 0 Å². The predicted molar refractivity (Wildman–Crippen MR) is 105 cm³/mol. The Morgan fingerprint density at radius 2 is 1.29 bits per heavy atom. The lowest BCUT2D eigenvalue weighted by Gasteiger charge is -2.33. The third-order valence-corrected chi connectivity index (χ3v) is 6.23. The summed E-state index contributed by atoms with van der Waals surface area (Å²) in [4.78, 5) is 28.2. The number of carbonyl (C=O) groups is 2. The van der Waals surface area contributed by atoms with E-state index in [2.05, 4.69) is 9.47 Å². The van der Waals surface area contributed by atoms with Crippen LogP contribution in [0.15, 0.2) is 60.7 Å². The third-order valence-electron chi connectivity index (χ3n) is 6.23. The minimum atomic E-state index is -4.90. The van der Waals surface area contributed by atoms with Gasteiger partial charge in [0.15, 0.2) is 18.6 Å². The van der Waals surface area contributed by atoms with Crippen molar-refractivity contribution in [2.45, 2.75) is 30.4 Å². The molecule has 0 radical (unpaired) electrons. The summed E-state index contributed by atoms with van der Waals surface area (Å²) in [5.41, 5.74) is -2.92. The summed E-state index contributed by atoms with van der Waals surface area (Å²) in [5, 5.41) is 0. The van der Waals surface area contributed by atoms with Crippen LogP contribution >= 0.6 is 0 Å². The Balaban J connectivity index is 1.82. The van der Waals surface area contributed by atoms with E-state index < -0.39 is 60.9 Å². The Morgan fingerprint density at radius 3 is 1.76 bits per heavy atom. The summed E-state index contributed by atoms with van der Waals surface area (Å²) < 4.78 is 86.1. The van der Waals surface area contributed by atoms with Crippen molar-refractivity contribution in [3.63, 3.8) is 0 Å². The molecule has 0 amide bonds. The number of halogens is 6. The molecular weight excluding hydrogens is 468 g/mol. The quantitative estimate of drug-likeness (QED) is 0.259. The fourth-order valence-electron chi connectivity index (χ4n) is 4.86. The maximum atomic E-state index is 13.2. The van der Waals surface area contributed by atoms with Gasteiger partial charge in [-0.2, -0.15) is 26.3 Å². The number of rotatable bonds is 6. The Kier molecular flexibility index (Phi) is 5.87. The number of piperidine rings is 1. The van der Waals surface area contributed by atoms with Gasteiger partial charge in [-0.25, -0.2) is 0 Å². The van der Waals surface area contributed by atoms with Crippen molar-refractivity contribution in [1.29, 1.82) is 0 Å². The molecule has 0 bridgehead atoms. The van der Waals surface area contributed by atoms with E-state index in [1.54, 1.807) is 65.6 Å². The van der Waals surface area contributed by atoms with Gasteiger partial charge in [-0.15, -0.1) is 0 Å². The lowest BCUT2D eigenvalue weighted by Crippen LogP contribution is -2.51. The van der Waals surface area contributed by atoms with Gasteiger partial charge in [-0.1, -0.05) is 60.7 Å². The average Bonchev–Trinajstić information content (AvgIpc) is 3.47. The summed E-state index contributed by atoms with van der Waals surface area (Å²) in [7, 11) is 0. The summed E-state index contributed by atoms with van der Waals surface area (Å²) in [5.74, 6) is -3.14. The maximum absolute atomic E-state index is 13.2. The van der Waals surface area contributed by atoms with E-state index in [0.717, 1.165) is 0 Å². The highest BCUT2D eigenvalue weighted by Crippen LogP contribution is 2.69. The maximum Gasteiger partial charge on any atom is 0.422 e. The largest absolute Gasteiger partial charge is 0.455 e. The zero-order valence-corrected chi connectivity index (χ0v) is 17.5. The van der Waals surface area contributed by atoms with E-state index in [4.69, 9.17) is 0 Å². The number of fused-ring (bicyclic) bond motifs is 1. The molecule has 0 aromatic heterocycles. The molecule has 0 spiro atoms. The van der Waals surface area contributed by atoms with Crippen molar-refractivity contribution in [1.82, 2.24) is 4.90 Å². The number of hydrogen-bond acceptors (Lipinski definition) is 5. The first-order chi connectivity index (χ1) is 15.9. The first-order valence-electron chi connectivity index (χ1n) is 10.3. The van der Waals surface area contributed by atoms with Crippen LogP contribution in [0.3, 0.4) is 0 Å². The first kappa shape index (κ1) is 24.1. The van der Waals surface area contributed by atoms with Gasteiger partial charge in [-0.05, 0) is 17.5 Å². The third kappa shape index (κ3) is 4.13. The molecule has 5 nitrogen and oxygen atoms in total. The molecule has 0 saturated carbocycles. The molecule has 0 aliphatic carbocycles. The van der Waals surface area contributed by atoms with Crippen molar-refractivity contribution in [2.75, 3.05) is 19.8 Å². The van der Waals surface area contributed by atoms with Gasteiger partial charge in [0.05, 0.1) is 5.54 Å². The highest BCUT2D eigenvalue weighted by Gasteiger charge is 2.81. The molecule has 2 heterocycles. The highest BCUT2D eigenvalue weighted by atomic mass is 19.4. The van der Waals surface area contributed by atoms with E-state index in [1.165, 1.54) is 0 Å². The molecule has 1 unspecified atom stereocenters. The van der Waals surface area contributed by atoms with Gasteiger partial charge < -0.3 is 9.47 Å². The van der Waals surface area contributed by atoms with Gasteiger partial charge in [0, 0.05) is 12.6 Å². The molecule has 3 atom stereocenters. The molecule has 2 aromatic carbocycles. The fraction of sp³-hybridized carbons (Fsp3) is 0.391. The summed E-state index contributed by atoms with van der Waals surface area (Å²) in [6, 6.07) is 15.9. The molecular formula is C23H19F6NO4. The Morgan fingerprint density at radius 1 is 0.824 bits per heavy atom. The molecule has 2 fully saturated rings. The van der Waals surface area contributed by atoms with E-state index in [-0.39, 0.29) is 6.54 Å². The standard InChI is InChI=1S/C23H19F6NO4/c24-22(25,26)13-33-18(31)20(19(32)34-14-23(27,28)29)11-17(15-7-3-1-4-8-15)30-12-21(20,30)16-9-5-2-6-10-16/h1-10,17H,11-14H2/t17-,21+,30?/m1/s1. The smallest absolute Gasteiger partial charge is 0.422 e. The molecule has 2 saturated heterocycles. The van der Waals surface area contributed by atoms with Crippen LogP contribution in [0.2, 0.25) is 0 Å². The summed E-state index contributed by atoms with van der Waals surface area (Å²) >= 11 is 0. The fourth-order valence-corrected chi connectivity index (χ4v) is 4.86. The number of esters is 2. The number of hydrogen-bond donors (Lipinski definition) is 0. The molecule has 4 rings (SSSR count). The van der Waals surface area contributed by atoms with E-state index in [1.807, 2.05) is 0 Å². The average molecular weight is 487 g/mol. The van der Waals surface area contributed by atoms with Crippen molar-refractivity contribution in [3.05, 3.63) is 71.8 Å². The SMILES string of the molecule is O=C(OCC(F)(F)F)C1(C(=O)OCC(F)(F)F)C[C@H](c2ccccc2)N2C[C@@]21c1ccccc1. The van der Waals surface area contributed by atoms with Crippen LogP contribution in [0.25, 0.3) is 0 Å². The Labute approximate surface area is 190 Å². The topological polar surface area (TPSA) is 55.6 Å². The number of nitrogens with zero attached hydrogens (tertiary/aromatic N) is 1. The van der Waals surface area contributed by atoms with Crippen LogP contribution in [0, 0.1) is 5.41 Å². The molecule has 0 N–H and O–H groups in total. The lowest BCUT2D eigenvalue weighted by molar-refractivity contribution is -0.208. The van der Waals surface area contributed by atoms with Gasteiger partial charge in [0.1, 0.15) is 0 Å². The second-order valence-electron chi connectivity index (χ2n) is 8.27. The first-order valence-corrected chi connectivity index (χ1v) is 10.3. The van der Waals surface area contributed by atoms with Gasteiger partial charge in [-0.3, -0.25) is 14.5 Å². The van der Waals surface area contributed by atoms with E-state index in [9.17, 15) is 35.9 Å². The van der Waals surface area contributed by atoms with E-state index in [0.29, 0.717) is 11.1 Å². The van der Waals surface area contributed by atoms with Crippen LogP contribution < -0.4 is 0 Å². The molecule has 2 aromatic rings. The predicted octanol–water partition coefficient (Wildman–Crippen LogP) is 4.54. The minimum Gasteiger partial charge on any atom is -0.455 e. The summed E-state index contributed by atoms with van der Waals surface area (Å²) in [6.45, 7) is -3.93. The number of ether oxygens (including phenoxy) is 2. The summed E-state index contributed by atoms with van der Waals surface area (Å²) in [6.07, 6.45) is -10.2. The van der Waals surface area contributed by atoms with Crippen LogP contribution in [-0.4, -0.2) is 48.9 Å². The zero-order valence-electron chi connectivity index (χ0n) is 17.5. The van der Waals surface area contributed by atoms with Gasteiger partial charge in [0.25, 0.3) is 0 Å². The van der Waals surface area contributed by atoms with Crippen LogP contribution in [0.1, 0.15) is 23.6 Å². The van der Waals surface area contributed by atoms with Crippen molar-refractivity contribution < 1.29 is 45.4 Å². The normalized spacial score (nSPS) is 25.4. The zero-order chi connectivity index (χ0) is 24.8. The van der Waals surface area contributed by atoms with Crippen LogP contribution in [0.5, 0.6) is 0 Å². The second kappa shape index (κ2) is 8.30. The van der Waals surface area contributed by atoms with Gasteiger partial charge >= 0.3 is 24.3 Å². The van der Waals surface area contributed by atoms with Crippen LogP contribution in [-0.2, 0) is 24.6 Å². The molecule has 11 heteroatoms. The second-order valence-corrected chi connectivity index (χ2v) is 8.27. The monoisotopic (exact) mass is 487 g/mol. The van der Waals surface area contributed by atoms with Crippen LogP contribution in [0.4, 0.5) is 26.3 Å². The van der Waals surface area contributed by atoms with Crippen molar-refractivity contribution in [3.8, 4) is 0 Å². The van der Waals surface area contributed by atoms with Gasteiger partial charge in [0.2, 0.25) is 0 Å². The Bertz CT molecular complexity index is 1030. The Hall–Kier alpha value is -3.08. The molecule has 34 heavy (non-hydrogen) atoms. The molecule has 2 aliphatic heterocycles. The molecule has 2 aliphatic rings. The number of carbonyl (C=O) groups excluding carboxylic acids is 2. The van der Waals surface area contributed by atoms with Crippen molar-refractivity contribution in [2.24, 2.45) is 5.41 Å². The highest BCUT2D eigenvalue weighted by molar-refractivity contribution is 6.03. The minimum absolute atomic E-state index is 0.0405. The molecule has 182 valence electrons. The lowest BCUT2D eigenvalue weighted by atomic mass is 9.69.